The van der Waals surface area contributed by atoms with Crippen LogP contribution < -0.4 is 0 Å². The van der Waals surface area contributed by atoms with Gasteiger partial charge in [-0.3, -0.25) is 0 Å². The summed E-state index contributed by atoms with van der Waals surface area (Å²) in [6, 6.07) is 7.51. The number of aliphatic hydroxyl groups is 1. The molecule has 0 aliphatic carbocycles. The number of aliphatic carboxylic acids is 1. The van der Waals surface area contributed by atoms with E-state index >= 15 is 0 Å². The number of rotatable bonds is 3. The molecular weight excluding hydrogens is 234 g/mol. The van der Waals surface area contributed by atoms with Gasteiger partial charge in [-0.15, -0.1) is 11.3 Å². The van der Waals surface area contributed by atoms with Gasteiger partial charge in [0.25, 0.3) is 0 Å². The maximum atomic E-state index is 10.4. The minimum absolute atomic E-state index is 0.561. The van der Waals surface area contributed by atoms with Gasteiger partial charge in [0, 0.05) is 0 Å². The first-order chi connectivity index (χ1) is 7.16. The van der Waals surface area contributed by atoms with Crippen LogP contribution in [-0.2, 0) is 4.79 Å². The zero-order valence-electron chi connectivity index (χ0n) is 7.45. The fraction of sp³-hybridized carbons (Fsp3) is 0.111. The summed E-state index contributed by atoms with van der Waals surface area (Å²) in [5, 5.41) is 17.7. The summed E-state index contributed by atoms with van der Waals surface area (Å²) in [6.45, 7) is 0. The second-order valence-corrected chi connectivity index (χ2v) is 5.11. The second-order valence-electron chi connectivity index (χ2n) is 2.76. The van der Waals surface area contributed by atoms with E-state index in [1.54, 1.807) is 0 Å². The van der Waals surface area contributed by atoms with Crippen LogP contribution in [0.4, 0.5) is 0 Å². The highest BCUT2D eigenvalue weighted by atomic mass is 32.2. The van der Waals surface area contributed by atoms with E-state index in [0.29, 0.717) is 4.34 Å². The van der Waals surface area contributed by atoms with Crippen LogP contribution in [-0.4, -0.2) is 26.6 Å². The number of nitrogens with zero attached hydrogens (tertiary/aromatic N) is 1. The number of aromatic nitrogens is 1. The quantitative estimate of drug-likeness (QED) is 0.633. The minimum Gasteiger partial charge on any atom is -0.479 e. The lowest BCUT2D eigenvalue weighted by molar-refractivity contribution is -0.141. The predicted octanol–water partition coefficient (Wildman–Crippen LogP) is 1.79. The Morgan fingerprint density at radius 2 is 2.20 bits per heavy atom. The SMILES string of the molecule is O=C(O)C(O)Sc1nc2ccccc2s1. The maximum absolute atomic E-state index is 10.4. The van der Waals surface area contributed by atoms with Crippen molar-refractivity contribution in [2.45, 2.75) is 9.78 Å². The summed E-state index contributed by atoms with van der Waals surface area (Å²) in [6.07, 6.45) is 0. The Kier molecular flexibility index (Phi) is 2.90. The largest absolute Gasteiger partial charge is 0.479 e. The third-order valence-corrected chi connectivity index (χ3v) is 3.79. The summed E-state index contributed by atoms with van der Waals surface area (Å²) < 4.78 is 1.55. The van der Waals surface area contributed by atoms with Gasteiger partial charge in [0.2, 0.25) is 5.44 Å². The highest BCUT2D eigenvalue weighted by Gasteiger charge is 2.16. The van der Waals surface area contributed by atoms with Crippen molar-refractivity contribution in [3.05, 3.63) is 24.3 Å². The van der Waals surface area contributed by atoms with Crippen LogP contribution in [0.15, 0.2) is 28.6 Å². The number of thioether (sulfide) groups is 1. The molecule has 78 valence electrons. The molecular formula is C9H7NO3S2. The first-order valence-electron chi connectivity index (χ1n) is 4.10. The Morgan fingerprint density at radius 3 is 2.87 bits per heavy atom. The topological polar surface area (TPSA) is 70.4 Å². The molecule has 1 atom stereocenters. The van der Waals surface area contributed by atoms with E-state index in [4.69, 9.17) is 10.2 Å². The molecule has 0 amide bonds. The highest BCUT2D eigenvalue weighted by molar-refractivity contribution is 8.02. The van der Waals surface area contributed by atoms with Crippen LogP contribution in [0.2, 0.25) is 0 Å². The summed E-state index contributed by atoms with van der Waals surface area (Å²) >= 11 is 2.21. The van der Waals surface area contributed by atoms with Gasteiger partial charge in [-0.25, -0.2) is 9.78 Å². The molecule has 1 aromatic heterocycles. The lowest BCUT2D eigenvalue weighted by Gasteiger charge is -1.99. The Labute approximate surface area is 93.6 Å². The Balaban J connectivity index is 2.26. The first kappa shape index (κ1) is 10.4. The van der Waals surface area contributed by atoms with E-state index in [0.717, 1.165) is 22.0 Å². The number of hydrogen-bond donors (Lipinski definition) is 2. The first-order valence-corrected chi connectivity index (χ1v) is 5.79. The zero-order chi connectivity index (χ0) is 10.8. The van der Waals surface area contributed by atoms with Crippen molar-refractivity contribution in [1.82, 2.24) is 4.98 Å². The van der Waals surface area contributed by atoms with Crippen molar-refractivity contribution in [3.8, 4) is 0 Å². The average molecular weight is 241 g/mol. The number of para-hydroxylation sites is 1. The number of thiazole rings is 1. The van der Waals surface area contributed by atoms with E-state index in [2.05, 4.69) is 4.98 Å². The van der Waals surface area contributed by atoms with Crippen molar-refractivity contribution in [1.29, 1.82) is 0 Å². The molecule has 0 fully saturated rings. The predicted molar refractivity (Wildman–Crippen MR) is 59.1 cm³/mol. The van der Waals surface area contributed by atoms with Gasteiger partial charge in [-0.2, -0.15) is 0 Å². The molecule has 6 heteroatoms. The molecule has 2 N–H and O–H groups in total. The number of carbonyl (C=O) groups is 1. The van der Waals surface area contributed by atoms with Gasteiger partial charge in [-0.05, 0) is 12.1 Å². The molecule has 15 heavy (non-hydrogen) atoms. The van der Waals surface area contributed by atoms with Gasteiger partial charge in [0.15, 0.2) is 4.34 Å². The van der Waals surface area contributed by atoms with Crippen LogP contribution in [0.3, 0.4) is 0 Å². The molecule has 2 aromatic rings. The lowest BCUT2D eigenvalue weighted by atomic mass is 10.3. The molecule has 0 saturated heterocycles. The number of carboxylic acid groups (broad SMARTS) is 1. The summed E-state index contributed by atoms with van der Waals surface area (Å²) in [4.78, 5) is 14.6. The normalized spacial score (nSPS) is 12.9. The van der Waals surface area contributed by atoms with E-state index in [1.807, 2.05) is 24.3 Å². The molecule has 1 aromatic carbocycles. The monoisotopic (exact) mass is 241 g/mol. The van der Waals surface area contributed by atoms with Gasteiger partial charge in [0.1, 0.15) is 0 Å². The van der Waals surface area contributed by atoms with Crippen LogP contribution in [0.5, 0.6) is 0 Å². The molecule has 0 radical (unpaired) electrons. The van der Waals surface area contributed by atoms with Gasteiger partial charge < -0.3 is 10.2 Å². The van der Waals surface area contributed by atoms with Crippen LogP contribution in [0.1, 0.15) is 0 Å². The molecule has 2 rings (SSSR count). The molecule has 1 unspecified atom stereocenters. The third kappa shape index (κ3) is 2.28. The zero-order valence-corrected chi connectivity index (χ0v) is 9.09. The molecule has 0 aliphatic heterocycles. The van der Waals surface area contributed by atoms with E-state index in [-0.39, 0.29) is 0 Å². The fourth-order valence-electron chi connectivity index (χ4n) is 1.05. The smallest absolute Gasteiger partial charge is 0.343 e. The molecule has 1 heterocycles. The van der Waals surface area contributed by atoms with Gasteiger partial charge in [0.05, 0.1) is 10.2 Å². The summed E-state index contributed by atoms with van der Waals surface area (Å²) in [5.74, 6) is -1.25. The number of carboxylic acids is 1. The number of benzene rings is 1. The molecule has 4 nitrogen and oxygen atoms in total. The minimum atomic E-state index is -1.45. The molecule has 0 aliphatic rings. The van der Waals surface area contributed by atoms with Crippen molar-refractivity contribution in [2.75, 3.05) is 0 Å². The van der Waals surface area contributed by atoms with Crippen LogP contribution >= 0.6 is 23.1 Å². The molecule has 0 saturated carbocycles. The average Bonchev–Trinajstić information content (AvgIpc) is 2.59. The second kappa shape index (κ2) is 4.18. The maximum Gasteiger partial charge on any atom is 0.343 e. The molecule has 0 spiro atoms. The van der Waals surface area contributed by atoms with E-state index < -0.39 is 11.4 Å². The van der Waals surface area contributed by atoms with Crippen molar-refractivity contribution < 1.29 is 15.0 Å². The summed E-state index contributed by atoms with van der Waals surface area (Å²) in [5.41, 5.74) is -0.631. The number of hydrogen-bond acceptors (Lipinski definition) is 5. The van der Waals surface area contributed by atoms with Gasteiger partial charge in [-0.1, -0.05) is 23.9 Å². The Hall–Kier alpha value is -1.11. The lowest BCUT2D eigenvalue weighted by Crippen LogP contribution is -2.14. The fourth-order valence-corrected chi connectivity index (χ4v) is 2.92. The van der Waals surface area contributed by atoms with Crippen molar-refractivity contribution in [3.63, 3.8) is 0 Å². The highest BCUT2D eigenvalue weighted by Crippen LogP contribution is 2.31. The third-order valence-electron chi connectivity index (χ3n) is 1.70. The number of fused-ring (bicyclic) bond motifs is 1. The van der Waals surface area contributed by atoms with E-state index in [1.165, 1.54) is 11.3 Å². The standard InChI is InChI=1S/C9H7NO3S2/c11-7(12)8(13)15-9-10-5-3-1-2-4-6(5)14-9/h1-4,8,13H,(H,11,12). The molecule has 0 bridgehead atoms. The van der Waals surface area contributed by atoms with E-state index in [9.17, 15) is 4.79 Å². The Morgan fingerprint density at radius 1 is 1.47 bits per heavy atom. The van der Waals surface area contributed by atoms with Crippen LogP contribution in [0, 0.1) is 0 Å². The summed E-state index contributed by atoms with van der Waals surface area (Å²) in [7, 11) is 0. The van der Waals surface area contributed by atoms with Crippen molar-refractivity contribution in [2.24, 2.45) is 0 Å². The number of aliphatic hydroxyl groups excluding tert-OH is 1. The van der Waals surface area contributed by atoms with Crippen LogP contribution in [0.25, 0.3) is 10.2 Å². The Bertz CT molecular complexity index is 464. The van der Waals surface area contributed by atoms with Crippen molar-refractivity contribution >= 4 is 39.3 Å². The van der Waals surface area contributed by atoms with Gasteiger partial charge >= 0.3 is 5.97 Å².